The number of hydrogen-bond acceptors (Lipinski definition) is 5. The summed E-state index contributed by atoms with van der Waals surface area (Å²) in [7, 11) is -2.32. The van der Waals surface area contributed by atoms with Gasteiger partial charge in [0, 0.05) is 24.7 Å². The Morgan fingerprint density at radius 3 is 2.28 bits per heavy atom. The monoisotopic (exact) mass is 391 g/mol. The largest absolute Gasteiger partial charge is 0.395 e. The predicted molar refractivity (Wildman–Crippen MR) is 113 cm³/mol. The molecule has 0 heterocycles. The molecule has 25 heavy (non-hydrogen) atoms. The first-order valence-electron chi connectivity index (χ1n) is 10.1. The van der Waals surface area contributed by atoms with Crippen LogP contribution in [-0.2, 0) is 13.6 Å². The molecule has 0 aromatic heterocycles. The third kappa shape index (κ3) is 11.4. The van der Waals surface area contributed by atoms with Gasteiger partial charge in [0.15, 0.2) is 0 Å². The van der Waals surface area contributed by atoms with E-state index in [1.165, 1.54) is 0 Å². The molecule has 6 heteroatoms. The predicted octanol–water partition coefficient (Wildman–Crippen LogP) is 5.03. The summed E-state index contributed by atoms with van der Waals surface area (Å²) in [5.41, 5.74) is 0. The van der Waals surface area contributed by atoms with Gasteiger partial charge in [-0.3, -0.25) is 9.69 Å². The molecule has 0 bridgehead atoms. The Morgan fingerprint density at radius 1 is 1.12 bits per heavy atom. The number of carbonyl (C=O) groups is 1. The highest BCUT2D eigenvalue weighted by atomic mass is 32.1. The summed E-state index contributed by atoms with van der Waals surface area (Å²) in [4.78, 5) is 14.5. The lowest BCUT2D eigenvalue weighted by Gasteiger charge is -2.35. The first kappa shape index (κ1) is 25.1. The van der Waals surface area contributed by atoms with Crippen molar-refractivity contribution < 1.29 is 13.6 Å². The molecule has 0 saturated heterocycles. The summed E-state index contributed by atoms with van der Waals surface area (Å²) in [5, 5.41) is 0.430. The van der Waals surface area contributed by atoms with Crippen molar-refractivity contribution in [2.75, 3.05) is 19.7 Å². The molecule has 0 N–H and O–H groups in total. The molecule has 0 aromatic rings. The summed E-state index contributed by atoms with van der Waals surface area (Å²) in [5.74, 6) is 0.328. The number of ketones is 1. The molecule has 0 aliphatic heterocycles. The Hall–Kier alpha value is 0.117. The standard InChI is InChI=1S/C19H41NO3SSi/c1-7-12-19(24)14-11-13-18(21)15-16-25(6,22-10-4)23-17(5)20(8-2)9-3/h17,19,24H,7-16H2,1-6H3. The number of rotatable bonds is 16. The zero-order valence-electron chi connectivity index (χ0n) is 17.3. The zero-order chi connectivity index (χ0) is 19.3. The van der Waals surface area contributed by atoms with Gasteiger partial charge in [0.25, 0.3) is 0 Å². The Morgan fingerprint density at radius 2 is 1.76 bits per heavy atom. The SMILES string of the molecule is CCCC(S)CCCC(=O)CC[Si](C)(OCC)OC(C)N(CC)CC. The Labute approximate surface area is 162 Å². The zero-order valence-corrected chi connectivity index (χ0v) is 19.2. The smallest absolute Gasteiger partial charge is 0.336 e. The summed E-state index contributed by atoms with van der Waals surface area (Å²) in [6.07, 6.45) is 5.51. The van der Waals surface area contributed by atoms with Gasteiger partial charge < -0.3 is 8.85 Å². The lowest BCUT2D eigenvalue weighted by molar-refractivity contribution is -0.119. The van der Waals surface area contributed by atoms with Crippen LogP contribution in [0.1, 0.15) is 73.1 Å². The molecule has 0 radical (unpaired) electrons. The van der Waals surface area contributed by atoms with Crippen LogP contribution in [0.4, 0.5) is 0 Å². The topological polar surface area (TPSA) is 38.8 Å². The van der Waals surface area contributed by atoms with Gasteiger partial charge in [0.05, 0.1) is 6.23 Å². The number of thiol groups is 1. The number of nitrogens with zero attached hydrogens (tertiary/aromatic N) is 1. The highest BCUT2D eigenvalue weighted by molar-refractivity contribution is 7.80. The molecule has 0 rings (SSSR count). The van der Waals surface area contributed by atoms with Crippen molar-refractivity contribution in [1.82, 2.24) is 4.90 Å². The van der Waals surface area contributed by atoms with E-state index in [2.05, 4.69) is 51.8 Å². The van der Waals surface area contributed by atoms with Crippen molar-refractivity contribution in [2.24, 2.45) is 0 Å². The molecule has 0 aliphatic carbocycles. The Kier molecular flexibility index (Phi) is 14.3. The van der Waals surface area contributed by atoms with E-state index in [4.69, 9.17) is 8.85 Å². The Bertz CT molecular complexity index is 356. The number of carbonyl (C=O) groups excluding carboxylic acids is 1. The van der Waals surface area contributed by atoms with Gasteiger partial charge in [-0.2, -0.15) is 12.6 Å². The molecule has 150 valence electrons. The van der Waals surface area contributed by atoms with Crippen molar-refractivity contribution in [2.45, 2.75) is 97.2 Å². The van der Waals surface area contributed by atoms with Crippen molar-refractivity contribution in [1.29, 1.82) is 0 Å². The van der Waals surface area contributed by atoms with Crippen LogP contribution in [-0.4, -0.2) is 50.4 Å². The van der Waals surface area contributed by atoms with E-state index < -0.39 is 8.56 Å². The van der Waals surface area contributed by atoms with E-state index in [9.17, 15) is 4.79 Å². The van der Waals surface area contributed by atoms with Crippen LogP contribution < -0.4 is 0 Å². The molecular formula is C19H41NO3SSi. The second-order valence-electron chi connectivity index (χ2n) is 6.88. The fraction of sp³-hybridized carbons (Fsp3) is 0.947. The van der Waals surface area contributed by atoms with Gasteiger partial charge in [-0.1, -0.05) is 27.2 Å². The van der Waals surface area contributed by atoms with Crippen molar-refractivity contribution >= 4 is 27.0 Å². The maximum atomic E-state index is 12.2. The lowest BCUT2D eigenvalue weighted by atomic mass is 10.1. The normalized spacial score (nSPS) is 16.6. The molecule has 0 saturated carbocycles. The first-order chi connectivity index (χ1) is 11.8. The van der Waals surface area contributed by atoms with Crippen LogP contribution in [0.2, 0.25) is 12.6 Å². The molecular weight excluding hydrogens is 350 g/mol. The average molecular weight is 392 g/mol. The minimum absolute atomic E-state index is 0.0345. The van der Waals surface area contributed by atoms with Crippen LogP contribution in [0.3, 0.4) is 0 Å². The van der Waals surface area contributed by atoms with E-state index >= 15 is 0 Å². The maximum Gasteiger partial charge on any atom is 0.336 e. The van der Waals surface area contributed by atoms with E-state index in [0.29, 0.717) is 30.5 Å². The molecule has 0 amide bonds. The summed E-state index contributed by atoms with van der Waals surface area (Å²) >= 11 is 4.56. The Balaban J connectivity index is 4.38. The molecule has 0 fully saturated rings. The third-order valence-corrected chi connectivity index (χ3v) is 8.08. The van der Waals surface area contributed by atoms with E-state index in [1.807, 2.05) is 6.92 Å². The number of Topliss-reactive ketones (excluding diaryl/α,β-unsaturated/α-hetero) is 1. The van der Waals surface area contributed by atoms with Crippen LogP contribution in [0.25, 0.3) is 0 Å². The fourth-order valence-electron chi connectivity index (χ4n) is 3.15. The van der Waals surface area contributed by atoms with Gasteiger partial charge >= 0.3 is 8.56 Å². The van der Waals surface area contributed by atoms with Crippen LogP contribution in [0.15, 0.2) is 0 Å². The second-order valence-corrected chi connectivity index (χ2v) is 10.9. The van der Waals surface area contributed by atoms with Crippen molar-refractivity contribution in [3.63, 3.8) is 0 Å². The molecule has 0 spiro atoms. The summed E-state index contributed by atoms with van der Waals surface area (Å²) in [6.45, 7) is 15.2. The fourth-order valence-corrected chi connectivity index (χ4v) is 6.13. The molecule has 3 unspecified atom stereocenters. The molecule has 0 aromatic carbocycles. The summed E-state index contributed by atoms with van der Waals surface area (Å²) < 4.78 is 12.3. The van der Waals surface area contributed by atoms with Gasteiger partial charge in [-0.15, -0.1) is 0 Å². The third-order valence-electron chi connectivity index (χ3n) is 4.67. The number of hydrogen-bond donors (Lipinski definition) is 1. The highest BCUT2D eigenvalue weighted by Crippen LogP contribution is 2.21. The van der Waals surface area contributed by atoms with E-state index in [0.717, 1.165) is 44.8 Å². The molecule has 0 aliphatic rings. The maximum absolute atomic E-state index is 12.2. The highest BCUT2D eigenvalue weighted by Gasteiger charge is 2.34. The van der Waals surface area contributed by atoms with Crippen LogP contribution in [0.5, 0.6) is 0 Å². The van der Waals surface area contributed by atoms with Gasteiger partial charge in [0.2, 0.25) is 0 Å². The van der Waals surface area contributed by atoms with Crippen LogP contribution in [0, 0.1) is 0 Å². The van der Waals surface area contributed by atoms with E-state index in [1.54, 1.807) is 0 Å². The average Bonchev–Trinajstić information content (AvgIpc) is 2.54. The van der Waals surface area contributed by atoms with Gasteiger partial charge in [-0.05, 0) is 58.8 Å². The lowest BCUT2D eigenvalue weighted by Crippen LogP contribution is -2.47. The first-order valence-corrected chi connectivity index (χ1v) is 13.1. The van der Waals surface area contributed by atoms with Crippen molar-refractivity contribution in [3.8, 4) is 0 Å². The second kappa shape index (κ2) is 14.2. The van der Waals surface area contributed by atoms with Gasteiger partial charge in [-0.25, -0.2) is 0 Å². The minimum atomic E-state index is -2.32. The van der Waals surface area contributed by atoms with Crippen molar-refractivity contribution in [3.05, 3.63) is 0 Å². The minimum Gasteiger partial charge on any atom is -0.395 e. The van der Waals surface area contributed by atoms with Crippen LogP contribution >= 0.6 is 12.6 Å². The summed E-state index contributed by atoms with van der Waals surface area (Å²) in [6, 6.07) is 0.741. The molecule has 4 nitrogen and oxygen atoms in total. The van der Waals surface area contributed by atoms with E-state index in [-0.39, 0.29) is 6.23 Å². The van der Waals surface area contributed by atoms with Gasteiger partial charge in [0.1, 0.15) is 5.78 Å². The molecule has 3 atom stereocenters. The quantitative estimate of drug-likeness (QED) is 0.228.